The molecule has 4 aromatic carbocycles. The van der Waals surface area contributed by atoms with Crippen LogP contribution in [0, 0.1) is 0 Å². The van der Waals surface area contributed by atoms with E-state index in [9.17, 15) is 0 Å². The van der Waals surface area contributed by atoms with Gasteiger partial charge in [-0.15, -0.1) is 0 Å². The average Bonchev–Trinajstić information content (AvgIpc) is 2.80. The summed E-state index contributed by atoms with van der Waals surface area (Å²) in [5.41, 5.74) is 9.52. The quantitative estimate of drug-likeness (QED) is 0.310. The van der Waals surface area contributed by atoms with Gasteiger partial charge in [-0.05, 0) is 51.5 Å². The molecule has 29 heavy (non-hydrogen) atoms. The fraction of sp³-hybridized carbons (Fsp3) is 0.0345. The van der Waals surface area contributed by atoms with Crippen molar-refractivity contribution in [2.75, 3.05) is 0 Å². The van der Waals surface area contributed by atoms with Gasteiger partial charge in [0.2, 0.25) is 0 Å². The molecule has 0 heterocycles. The lowest BCUT2D eigenvalue weighted by Crippen LogP contribution is -1.85. The van der Waals surface area contributed by atoms with Crippen molar-refractivity contribution in [1.29, 1.82) is 0 Å². The zero-order valence-electron chi connectivity index (χ0n) is 16.7. The minimum atomic E-state index is 1.02. The fourth-order valence-electron chi connectivity index (χ4n) is 3.49. The van der Waals surface area contributed by atoms with E-state index in [1.54, 1.807) is 0 Å². The summed E-state index contributed by atoms with van der Waals surface area (Å²) >= 11 is 0. The highest BCUT2D eigenvalue weighted by atomic mass is 14.1. The Bertz CT molecular complexity index is 1110. The second-order valence-corrected chi connectivity index (χ2v) is 7.24. The summed E-state index contributed by atoms with van der Waals surface area (Å²) in [5.74, 6) is 0. The maximum atomic E-state index is 4.28. The molecule has 0 radical (unpaired) electrons. The van der Waals surface area contributed by atoms with Gasteiger partial charge >= 0.3 is 0 Å². The SMILES string of the molecule is C=C(/C=C(\C)c1ccc(-c2ccccc2)cc1)c1ccc(-c2ccccc2)cc1. The zero-order chi connectivity index (χ0) is 20.1. The molecule has 0 spiro atoms. The molecule has 0 saturated carbocycles. The minimum Gasteiger partial charge on any atom is -0.0911 e. The summed E-state index contributed by atoms with van der Waals surface area (Å²) in [7, 11) is 0. The summed E-state index contributed by atoms with van der Waals surface area (Å²) < 4.78 is 0. The Morgan fingerprint density at radius 1 is 0.517 bits per heavy atom. The van der Waals surface area contributed by atoms with Gasteiger partial charge in [0.25, 0.3) is 0 Å². The van der Waals surface area contributed by atoms with Crippen LogP contribution in [0.1, 0.15) is 18.1 Å². The molecule has 0 atom stereocenters. The highest BCUT2D eigenvalue weighted by molar-refractivity contribution is 5.83. The van der Waals surface area contributed by atoms with Crippen molar-refractivity contribution in [2.45, 2.75) is 6.92 Å². The van der Waals surface area contributed by atoms with Crippen LogP contribution in [0.15, 0.2) is 122 Å². The summed E-state index contributed by atoms with van der Waals surface area (Å²) in [6.07, 6.45) is 2.16. The lowest BCUT2D eigenvalue weighted by molar-refractivity contribution is 1.54. The Morgan fingerprint density at radius 2 is 0.897 bits per heavy atom. The maximum Gasteiger partial charge on any atom is -0.0184 e. The first-order valence-corrected chi connectivity index (χ1v) is 9.90. The van der Waals surface area contributed by atoms with Gasteiger partial charge in [-0.1, -0.05) is 122 Å². The van der Waals surface area contributed by atoms with Crippen LogP contribution in [-0.4, -0.2) is 0 Å². The van der Waals surface area contributed by atoms with Crippen molar-refractivity contribution in [2.24, 2.45) is 0 Å². The molecule has 0 amide bonds. The van der Waals surface area contributed by atoms with Crippen molar-refractivity contribution in [3.8, 4) is 22.3 Å². The monoisotopic (exact) mass is 372 g/mol. The average molecular weight is 373 g/mol. The van der Waals surface area contributed by atoms with Crippen molar-refractivity contribution >= 4 is 11.1 Å². The molecule has 140 valence electrons. The molecule has 0 fully saturated rings. The molecule has 0 aliphatic heterocycles. The highest BCUT2D eigenvalue weighted by Gasteiger charge is 2.03. The van der Waals surface area contributed by atoms with E-state index in [-0.39, 0.29) is 0 Å². The summed E-state index contributed by atoms with van der Waals surface area (Å²) in [5, 5.41) is 0. The lowest BCUT2D eigenvalue weighted by Gasteiger charge is -2.08. The molecule has 0 heteroatoms. The van der Waals surface area contributed by atoms with E-state index in [1.807, 2.05) is 12.1 Å². The Balaban J connectivity index is 1.50. The molecule has 0 nitrogen and oxygen atoms in total. The van der Waals surface area contributed by atoms with E-state index in [2.05, 4.69) is 117 Å². The molecule has 0 aliphatic rings. The summed E-state index contributed by atoms with van der Waals surface area (Å²) in [6, 6.07) is 38.2. The van der Waals surface area contributed by atoms with Crippen molar-refractivity contribution < 1.29 is 0 Å². The minimum absolute atomic E-state index is 1.02. The molecule has 0 aliphatic carbocycles. The number of hydrogen-bond acceptors (Lipinski definition) is 0. The third kappa shape index (κ3) is 4.44. The van der Waals surface area contributed by atoms with Gasteiger partial charge in [0, 0.05) is 0 Å². The topological polar surface area (TPSA) is 0 Å². The number of hydrogen-bond donors (Lipinski definition) is 0. The molecular formula is C29H24. The van der Waals surface area contributed by atoms with E-state index in [0.717, 1.165) is 11.1 Å². The van der Waals surface area contributed by atoms with E-state index in [1.165, 1.54) is 33.4 Å². The van der Waals surface area contributed by atoms with Crippen LogP contribution >= 0.6 is 0 Å². The second kappa shape index (κ2) is 8.58. The molecule has 0 N–H and O–H groups in total. The van der Waals surface area contributed by atoms with Gasteiger partial charge in [0.15, 0.2) is 0 Å². The fourth-order valence-corrected chi connectivity index (χ4v) is 3.49. The first-order valence-electron chi connectivity index (χ1n) is 9.90. The standard InChI is InChI=1S/C29H24/c1-22(24-13-17-28(18-14-24)26-9-5-3-6-10-26)21-23(2)25-15-19-29(20-16-25)27-11-7-4-8-12-27/h3-21H,1H2,2H3/b23-21+. The van der Waals surface area contributed by atoms with Gasteiger partial charge < -0.3 is 0 Å². The molecule has 0 bridgehead atoms. The predicted molar refractivity (Wildman–Crippen MR) is 126 cm³/mol. The second-order valence-electron chi connectivity index (χ2n) is 7.24. The van der Waals surface area contributed by atoms with Crippen LogP contribution in [0.4, 0.5) is 0 Å². The van der Waals surface area contributed by atoms with Crippen LogP contribution in [0.3, 0.4) is 0 Å². The molecule has 0 saturated heterocycles. The van der Waals surface area contributed by atoms with Crippen molar-refractivity contribution in [3.05, 3.63) is 133 Å². The summed E-state index contributed by atoms with van der Waals surface area (Å²) in [6.45, 7) is 6.42. The molecule has 0 aromatic heterocycles. The van der Waals surface area contributed by atoms with Gasteiger partial charge in [0.1, 0.15) is 0 Å². The molecule has 4 rings (SSSR count). The number of allylic oxidation sites excluding steroid dienone is 3. The smallest absolute Gasteiger partial charge is 0.0184 e. The number of benzene rings is 4. The van der Waals surface area contributed by atoms with Gasteiger partial charge in [-0.3, -0.25) is 0 Å². The maximum absolute atomic E-state index is 4.28. The van der Waals surface area contributed by atoms with Gasteiger partial charge in [0.05, 0.1) is 0 Å². The van der Waals surface area contributed by atoms with E-state index in [4.69, 9.17) is 0 Å². The molecule has 0 unspecified atom stereocenters. The third-order valence-corrected chi connectivity index (χ3v) is 5.20. The van der Waals surface area contributed by atoms with Crippen molar-refractivity contribution in [3.63, 3.8) is 0 Å². The Labute approximate surface area is 173 Å². The highest BCUT2D eigenvalue weighted by Crippen LogP contribution is 2.26. The van der Waals surface area contributed by atoms with Crippen LogP contribution in [-0.2, 0) is 0 Å². The Hall–Kier alpha value is -3.64. The van der Waals surface area contributed by atoms with E-state index >= 15 is 0 Å². The third-order valence-electron chi connectivity index (χ3n) is 5.20. The lowest BCUT2D eigenvalue weighted by atomic mass is 9.97. The Morgan fingerprint density at radius 3 is 1.34 bits per heavy atom. The number of rotatable bonds is 5. The Kier molecular flexibility index (Phi) is 5.54. The predicted octanol–water partition coefficient (Wildman–Crippen LogP) is 8.14. The first-order chi connectivity index (χ1) is 14.2. The van der Waals surface area contributed by atoms with Crippen LogP contribution in [0.25, 0.3) is 33.4 Å². The van der Waals surface area contributed by atoms with E-state index < -0.39 is 0 Å². The van der Waals surface area contributed by atoms with Crippen LogP contribution in [0.5, 0.6) is 0 Å². The summed E-state index contributed by atoms with van der Waals surface area (Å²) in [4.78, 5) is 0. The van der Waals surface area contributed by atoms with Gasteiger partial charge in [-0.25, -0.2) is 0 Å². The van der Waals surface area contributed by atoms with Crippen LogP contribution in [0.2, 0.25) is 0 Å². The van der Waals surface area contributed by atoms with Crippen LogP contribution < -0.4 is 0 Å². The first kappa shape index (κ1) is 18.7. The van der Waals surface area contributed by atoms with E-state index in [0.29, 0.717) is 0 Å². The zero-order valence-corrected chi connectivity index (χ0v) is 16.7. The largest absolute Gasteiger partial charge is 0.0911 e. The van der Waals surface area contributed by atoms with Gasteiger partial charge in [-0.2, -0.15) is 0 Å². The normalized spacial score (nSPS) is 11.3. The molecular weight excluding hydrogens is 348 g/mol. The van der Waals surface area contributed by atoms with Crippen molar-refractivity contribution in [1.82, 2.24) is 0 Å². The molecule has 4 aromatic rings.